The minimum Gasteiger partial charge on any atom is -0.497 e. The van der Waals surface area contributed by atoms with Gasteiger partial charge in [-0.05, 0) is 37.1 Å². The summed E-state index contributed by atoms with van der Waals surface area (Å²) in [6.07, 6.45) is 0. The van der Waals surface area contributed by atoms with E-state index in [1.807, 2.05) is 6.92 Å². The van der Waals surface area contributed by atoms with Gasteiger partial charge in [-0.1, -0.05) is 13.8 Å². The first-order valence-electron chi connectivity index (χ1n) is 9.01. The summed E-state index contributed by atoms with van der Waals surface area (Å²) in [6, 6.07) is 6.56. The highest BCUT2D eigenvalue weighted by atomic mass is 32.2. The zero-order valence-electron chi connectivity index (χ0n) is 16.0. The number of ether oxygens (including phenoxy) is 1. The van der Waals surface area contributed by atoms with Crippen LogP contribution in [0.4, 0.5) is 0 Å². The van der Waals surface area contributed by atoms with E-state index in [0.717, 1.165) is 4.90 Å². The number of sulfonamides is 1. The number of methoxy groups -OCH3 is 1. The van der Waals surface area contributed by atoms with Crippen LogP contribution in [-0.4, -0.2) is 64.5 Å². The number of carbonyl (C=O) groups excluding carboxylic acids is 1. The number of piperazine rings is 1. The third-order valence-corrected chi connectivity index (χ3v) is 6.84. The number of hydrogen-bond donors (Lipinski definition) is 2. The van der Waals surface area contributed by atoms with E-state index >= 15 is 0 Å². The summed E-state index contributed by atoms with van der Waals surface area (Å²) < 4.78 is 32.0. The molecule has 146 valence electrons. The fourth-order valence-corrected chi connectivity index (χ4v) is 4.26. The lowest BCUT2D eigenvalue weighted by molar-refractivity contribution is -0.895. The molecule has 0 saturated carbocycles. The number of rotatable bonds is 7. The van der Waals surface area contributed by atoms with Crippen molar-refractivity contribution in [3.63, 3.8) is 0 Å². The van der Waals surface area contributed by atoms with Gasteiger partial charge < -0.3 is 15.0 Å². The minimum atomic E-state index is -3.51. The van der Waals surface area contributed by atoms with Crippen molar-refractivity contribution in [2.75, 3.05) is 39.8 Å². The largest absolute Gasteiger partial charge is 0.497 e. The maximum atomic E-state index is 12.7. The molecule has 0 aromatic heterocycles. The van der Waals surface area contributed by atoms with E-state index in [1.165, 1.54) is 4.31 Å². The molecule has 2 rings (SSSR count). The highest BCUT2D eigenvalue weighted by molar-refractivity contribution is 7.89. The molecule has 7 nitrogen and oxygen atoms in total. The molecule has 0 aliphatic carbocycles. The lowest BCUT2D eigenvalue weighted by atomic mass is 10.1. The molecule has 1 heterocycles. The highest BCUT2D eigenvalue weighted by Gasteiger charge is 2.31. The number of nitrogens with one attached hydrogen (secondary N) is 2. The van der Waals surface area contributed by atoms with Gasteiger partial charge in [0, 0.05) is 6.04 Å². The molecule has 1 aromatic rings. The first-order chi connectivity index (χ1) is 12.2. The van der Waals surface area contributed by atoms with Crippen molar-refractivity contribution in [2.24, 2.45) is 5.92 Å². The van der Waals surface area contributed by atoms with Gasteiger partial charge in [0.15, 0.2) is 6.54 Å². The summed E-state index contributed by atoms with van der Waals surface area (Å²) >= 11 is 0. The second-order valence-electron chi connectivity index (χ2n) is 7.11. The summed E-state index contributed by atoms with van der Waals surface area (Å²) in [4.78, 5) is 13.5. The summed E-state index contributed by atoms with van der Waals surface area (Å²) in [5.41, 5.74) is 0. The number of carbonyl (C=O) groups is 1. The third kappa shape index (κ3) is 5.18. The standard InChI is InChI=1S/C18H29N3O4S/c1-14(2)15(3)19-18(22)13-20-9-11-21(12-10-20)26(23,24)17-7-5-16(25-4)6-8-17/h5-8,14-15H,9-13H2,1-4H3,(H,19,22)/p+1/t15-/m0/s1. The van der Waals surface area contributed by atoms with E-state index in [-0.39, 0.29) is 16.8 Å². The zero-order valence-corrected chi connectivity index (χ0v) is 16.8. The van der Waals surface area contributed by atoms with Crippen LogP contribution in [0, 0.1) is 5.92 Å². The summed E-state index contributed by atoms with van der Waals surface area (Å²) in [5.74, 6) is 1.04. The average Bonchev–Trinajstić information content (AvgIpc) is 2.62. The van der Waals surface area contributed by atoms with Crippen molar-refractivity contribution in [1.29, 1.82) is 0 Å². The van der Waals surface area contributed by atoms with Crippen LogP contribution in [0.25, 0.3) is 0 Å². The third-order valence-electron chi connectivity index (χ3n) is 4.93. The highest BCUT2D eigenvalue weighted by Crippen LogP contribution is 2.19. The monoisotopic (exact) mass is 384 g/mol. The normalized spacial score (nSPS) is 17.9. The second-order valence-corrected chi connectivity index (χ2v) is 9.04. The van der Waals surface area contributed by atoms with Crippen LogP contribution in [0.3, 0.4) is 0 Å². The van der Waals surface area contributed by atoms with Crippen molar-refractivity contribution in [3.8, 4) is 5.75 Å². The number of nitrogens with zero attached hydrogens (tertiary/aromatic N) is 1. The van der Waals surface area contributed by atoms with E-state index in [2.05, 4.69) is 19.2 Å². The fraction of sp³-hybridized carbons (Fsp3) is 0.611. The van der Waals surface area contributed by atoms with Crippen molar-refractivity contribution in [3.05, 3.63) is 24.3 Å². The SMILES string of the molecule is COc1ccc(S(=O)(=O)N2CC[NH+](CC(=O)N[C@@H](C)C(C)C)CC2)cc1. The molecule has 8 heteroatoms. The molecule has 0 unspecified atom stereocenters. The molecule has 1 atom stereocenters. The van der Waals surface area contributed by atoms with Gasteiger partial charge in [0.05, 0.1) is 38.2 Å². The molecule has 0 spiro atoms. The van der Waals surface area contributed by atoms with Gasteiger partial charge >= 0.3 is 0 Å². The van der Waals surface area contributed by atoms with E-state index in [1.54, 1.807) is 31.4 Å². The maximum Gasteiger partial charge on any atom is 0.275 e. The van der Waals surface area contributed by atoms with Crippen LogP contribution in [0.5, 0.6) is 5.75 Å². The van der Waals surface area contributed by atoms with E-state index in [9.17, 15) is 13.2 Å². The Morgan fingerprint density at radius 2 is 1.77 bits per heavy atom. The zero-order chi connectivity index (χ0) is 19.3. The molecule has 26 heavy (non-hydrogen) atoms. The van der Waals surface area contributed by atoms with Gasteiger partial charge in [0.2, 0.25) is 10.0 Å². The van der Waals surface area contributed by atoms with Crippen LogP contribution in [0.1, 0.15) is 20.8 Å². The minimum absolute atomic E-state index is 0.0210. The summed E-state index contributed by atoms with van der Waals surface area (Å²) in [5, 5.41) is 3.00. The first-order valence-corrected chi connectivity index (χ1v) is 10.4. The Hall–Kier alpha value is -1.64. The molecule has 0 bridgehead atoms. The smallest absolute Gasteiger partial charge is 0.275 e. The van der Waals surface area contributed by atoms with Gasteiger partial charge in [0.1, 0.15) is 5.75 Å². The van der Waals surface area contributed by atoms with Gasteiger partial charge in [-0.3, -0.25) is 4.79 Å². The Labute approximate surface area is 156 Å². The van der Waals surface area contributed by atoms with Crippen LogP contribution in [0.15, 0.2) is 29.2 Å². The van der Waals surface area contributed by atoms with Gasteiger partial charge in [-0.25, -0.2) is 8.42 Å². The Morgan fingerprint density at radius 3 is 2.27 bits per heavy atom. The second kappa shape index (κ2) is 8.83. The van der Waals surface area contributed by atoms with Crippen LogP contribution >= 0.6 is 0 Å². The van der Waals surface area contributed by atoms with Crippen molar-refractivity contribution < 1.29 is 22.8 Å². The van der Waals surface area contributed by atoms with Gasteiger partial charge in [-0.15, -0.1) is 0 Å². The maximum absolute atomic E-state index is 12.7. The van der Waals surface area contributed by atoms with Gasteiger partial charge in [-0.2, -0.15) is 4.31 Å². The van der Waals surface area contributed by atoms with E-state index < -0.39 is 10.0 Å². The number of amides is 1. The Morgan fingerprint density at radius 1 is 1.19 bits per heavy atom. The van der Waals surface area contributed by atoms with Gasteiger partial charge in [0.25, 0.3) is 5.91 Å². The molecule has 1 fully saturated rings. The predicted octanol–water partition coefficient (Wildman–Crippen LogP) is -0.255. The molecule has 1 amide bonds. The van der Waals surface area contributed by atoms with Crippen LogP contribution in [0.2, 0.25) is 0 Å². The predicted molar refractivity (Wildman–Crippen MR) is 99.8 cm³/mol. The molecule has 1 aromatic carbocycles. The van der Waals surface area contributed by atoms with E-state index in [0.29, 0.717) is 44.4 Å². The fourth-order valence-electron chi connectivity index (χ4n) is 2.82. The lowest BCUT2D eigenvalue weighted by Gasteiger charge is -2.31. The molecule has 0 radical (unpaired) electrons. The molecule has 1 aliphatic rings. The molecule has 2 N–H and O–H groups in total. The lowest BCUT2D eigenvalue weighted by Crippen LogP contribution is -3.15. The average molecular weight is 385 g/mol. The van der Waals surface area contributed by atoms with Crippen molar-refractivity contribution >= 4 is 15.9 Å². The quantitative estimate of drug-likeness (QED) is 0.679. The summed E-state index contributed by atoms with van der Waals surface area (Å²) in [7, 11) is -1.96. The first kappa shape index (κ1) is 20.7. The Balaban J connectivity index is 1.89. The number of quaternary nitrogens is 1. The Bertz CT molecular complexity index is 696. The number of benzene rings is 1. The van der Waals surface area contributed by atoms with Crippen molar-refractivity contribution in [2.45, 2.75) is 31.7 Å². The molecular weight excluding hydrogens is 354 g/mol. The van der Waals surface area contributed by atoms with Crippen LogP contribution < -0.4 is 15.0 Å². The topological polar surface area (TPSA) is 80.2 Å². The molecular formula is C18H30N3O4S+. The van der Waals surface area contributed by atoms with Crippen LogP contribution in [-0.2, 0) is 14.8 Å². The van der Waals surface area contributed by atoms with Crippen molar-refractivity contribution in [1.82, 2.24) is 9.62 Å². The molecule has 1 saturated heterocycles. The number of hydrogen-bond acceptors (Lipinski definition) is 4. The Kier molecular flexibility index (Phi) is 7.02. The van der Waals surface area contributed by atoms with E-state index in [4.69, 9.17) is 4.74 Å². The summed E-state index contributed by atoms with van der Waals surface area (Å²) in [6.45, 7) is 8.59. The molecule has 1 aliphatic heterocycles.